The Morgan fingerprint density at radius 1 is 0.431 bits per heavy atom. The molecule has 72 heavy (non-hydrogen) atoms. The molecule has 0 radical (unpaired) electrons. The van der Waals surface area contributed by atoms with Crippen LogP contribution in [0.15, 0.2) is 72.9 Å². The van der Waals surface area contributed by atoms with Gasteiger partial charge in [-0.15, -0.1) is 0 Å². The fraction of sp³-hybridized carbons (Fsp3) is 0.762. The second-order valence-corrected chi connectivity index (χ2v) is 20.9. The lowest BCUT2D eigenvalue weighted by Crippen LogP contribution is -2.44. The molecule has 0 amide bonds. The lowest BCUT2D eigenvalue weighted by molar-refractivity contribution is -0.870. The van der Waals surface area contributed by atoms with Gasteiger partial charge in [-0.2, -0.15) is 0 Å². The molecule has 0 fully saturated rings. The van der Waals surface area contributed by atoms with Crippen LogP contribution in [0.25, 0.3) is 0 Å². The Labute approximate surface area is 443 Å². The first-order valence-electron chi connectivity index (χ1n) is 29.6. The topological polar surface area (TPSA) is 111 Å². The quantitative estimate of drug-likeness (QED) is 0.0195. The highest BCUT2D eigenvalue weighted by Gasteiger charge is 2.22. The molecule has 0 saturated heterocycles. The van der Waals surface area contributed by atoms with Gasteiger partial charge in [0.15, 0.2) is 12.4 Å². The van der Waals surface area contributed by atoms with E-state index >= 15 is 0 Å². The van der Waals surface area contributed by atoms with Crippen LogP contribution in [0.2, 0.25) is 0 Å². The number of unbranched alkanes of at least 4 members (excludes halogenated alkanes) is 27. The zero-order valence-electron chi connectivity index (χ0n) is 47.3. The van der Waals surface area contributed by atoms with Gasteiger partial charge in [0.1, 0.15) is 13.2 Å². The van der Waals surface area contributed by atoms with Crippen molar-refractivity contribution >= 4 is 17.9 Å². The summed E-state index contributed by atoms with van der Waals surface area (Å²) in [6.07, 6.45) is 67.0. The monoisotopic (exact) mass is 1010 g/mol. The SMILES string of the molecule is CC/C=C\C/C=C\C/C=C\C/C=C\C/C=C\CCCCCCCCCCCCCCCCCCCCCCCC(=O)OC(COC(=O)CCCCCCC/C=C\CCC)COC(OCC[N+](C)(C)C)C(=O)[O-]. The number of allylic oxidation sites excluding steroid dienone is 12. The van der Waals surface area contributed by atoms with E-state index in [2.05, 4.69) is 86.8 Å². The molecule has 9 nitrogen and oxygen atoms in total. The molecule has 0 saturated carbocycles. The average Bonchev–Trinajstić information content (AvgIpc) is 3.35. The van der Waals surface area contributed by atoms with E-state index in [-0.39, 0.29) is 38.6 Å². The van der Waals surface area contributed by atoms with E-state index in [0.29, 0.717) is 17.4 Å². The number of carbonyl (C=O) groups excluding carboxylic acids is 3. The van der Waals surface area contributed by atoms with Crippen molar-refractivity contribution in [2.75, 3.05) is 47.5 Å². The van der Waals surface area contributed by atoms with Crippen LogP contribution in [0.1, 0.15) is 251 Å². The van der Waals surface area contributed by atoms with Gasteiger partial charge >= 0.3 is 11.9 Å². The maximum Gasteiger partial charge on any atom is 0.306 e. The lowest BCUT2D eigenvalue weighted by Gasteiger charge is -2.26. The van der Waals surface area contributed by atoms with Crippen LogP contribution in [0.4, 0.5) is 0 Å². The highest BCUT2D eigenvalue weighted by molar-refractivity contribution is 5.70. The number of hydrogen-bond donors (Lipinski definition) is 0. The van der Waals surface area contributed by atoms with Crippen molar-refractivity contribution in [2.45, 2.75) is 264 Å². The summed E-state index contributed by atoms with van der Waals surface area (Å²) in [6, 6.07) is 0. The number of hydrogen-bond acceptors (Lipinski definition) is 8. The zero-order valence-corrected chi connectivity index (χ0v) is 47.3. The van der Waals surface area contributed by atoms with Crippen molar-refractivity contribution in [3.8, 4) is 0 Å². The molecule has 9 heteroatoms. The van der Waals surface area contributed by atoms with Crippen molar-refractivity contribution in [2.24, 2.45) is 0 Å². The number of aliphatic carboxylic acids is 1. The van der Waals surface area contributed by atoms with Gasteiger partial charge in [-0.3, -0.25) is 9.59 Å². The molecule has 0 aliphatic rings. The summed E-state index contributed by atoms with van der Waals surface area (Å²) in [6.45, 7) is 4.57. The Morgan fingerprint density at radius 3 is 1.19 bits per heavy atom. The van der Waals surface area contributed by atoms with Gasteiger partial charge in [-0.25, -0.2) is 0 Å². The highest BCUT2D eigenvalue weighted by atomic mass is 16.7. The zero-order chi connectivity index (χ0) is 52.7. The summed E-state index contributed by atoms with van der Waals surface area (Å²) in [5, 5.41) is 11.7. The molecule has 0 rings (SSSR count). The van der Waals surface area contributed by atoms with Crippen LogP contribution in [0, 0.1) is 0 Å². The second kappa shape index (κ2) is 54.0. The Bertz CT molecular complexity index is 1410. The number of carboxylic acids is 1. The number of esters is 2. The van der Waals surface area contributed by atoms with Crippen LogP contribution in [-0.2, 0) is 33.3 Å². The molecule has 0 aromatic heterocycles. The molecule has 0 spiro atoms. The van der Waals surface area contributed by atoms with Gasteiger partial charge in [0.25, 0.3) is 0 Å². The smallest absolute Gasteiger partial charge is 0.306 e. The maximum absolute atomic E-state index is 12.8. The summed E-state index contributed by atoms with van der Waals surface area (Å²) in [5.74, 6) is -2.29. The molecule has 0 bridgehead atoms. The van der Waals surface area contributed by atoms with Crippen molar-refractivity contribution in [1.29, 1.82) is 0 Å². The number of rotatable bonds is 54. The third-order valence-corrected chi connectivity index (χ3v) is 12.7. The predicted molar refractivity (Wildman–Crippen MR) is 301 cm³/mol. The van der Waals surface area contributed by atoms with Crippen LogP contribution < -0.4 is 5.11 Å². The molecule has 0 aromatic rings. The fourth-order valence-electron chi connectivity index (χ4n) is 8.15. The first-order chi connectivity index (χ1) is 35.1. The van der Waals surface area contributed by atoms with Crippen LogP contribution in [0.5, 0.6) is 0 Å². The summed E-state index contributed by atoms with van der Waals surface area (Å²) in [4.78, 5) is 37.1. The number of ether oxygens (including phenoxy) is 4. The number of likely N-dealkylation sites (N-methyl/N-ethyl adjacent to an activating group) is 1. The minimum atomic E-state index is -1.62. The maximum atomic E-state index is 12.8. The summed E-state index contributed by atoms with van der Waals surface area (Å²) in [7, 11) is 5.91. The first-order valence-corrected chi connectivity index (χ1v) is 29.6. The van der Waals surface area contributed by atoms with Crippen LogP contribution in [0.3, 0.4) is 0 Å². The van der Waals surface area contributed by atoms with E-state index in [4.69, 9.17) is 18.9 Å². The second-order valence-electron chi connectivity index (χ2n) is 20.9. The Morgan fingerprint density at radius 2 is 0.792 bits per heavy atom. The summed E-state index contributed by atoms with van der Waals surface area (Å²) >= 11 is 0. The predicted octanol–water partition coefficient (Wildman–Crippen LogP) is 16.1. The summed E-state index contributed by atoms with van der Waals surface area (Å²) in [5.41, 5.74) is 0. The van der Waals surface area contributed by atoms with E-state index in [1.54, 1.807) is 0 Å². The van der Waals surface area contributed by atoms with Crippen molar-refractivity contribution in [3.05, 3.63) is 72.9 Å². The Kier molecular flexibility index (Phi) is 51.6. The average molecular weight is 1010 g/mol. The molecule has 0 aliphatic carbocycles. The van der Waals surface area contributed by atoms with E-state index in [1.165, 1.54) is 128 Å². The number of nitrogens with zero attached hydrogens (tertiary/aromatic N) is 1. The van der Waals surface area contributed by atoms with Crippen molar-refractivity contribution in [1.82, 2.24) is 0 Å². The largest absolute Gasteiger partial charge is 0.545 e. The number of carbonyl (C=O) groups is 3. The molecule has 416 valence electrons. The van der Waals surface area contributed by atoms with E-state index in [9.17, 15) is 19.5 Å². The highest BCUT2D eigenvalue weighted by Crippen LogP contribution is 2.17. The van der Waals surface area contributed by atoms with Gasteiger partial charge in [-0.05, 0) is 77.0 Å². The number of quaternary nitrogens is 1. The van der Waals surface area contributed by atoms with Crippen LogP contribution in [-0.4, -0.2) is 82.3 Å². The Balaban J connectivity index is 3.96. The molecule has 2 atom stereocenters. The number of carboxylic acid groups (broad SMARTS) is 1. The first kappa shape index (κ1) is 68.7. The van der Waals surface area contributed by atoms with E-state index in [0.717, 1.165) is 89.9 Å². The normalized spacial score (nSPS) is 13.3. The van der Waals surface area contributed by atoms with E-state index < -0.39 is 24.3 Å². The molecular formula is C63H111NO8. The third-order valence-electron chi connectivity index (χ3n) is 12.7. The minimum Gasteiger partial charge on any atom is -0.545 e. The van der Waals surface area contributed by atoms with E-state index in [1.807, 2.05) is 21.1 Å². The molecule has 2 unspecified atom stereocenters. The minimum absolute atomic E-state index is 0.146. The molecule has 0 aliphatic heterocycles. The third kappa shape index (κ3) is 54.5. The molecule has 0 aromatic carbocycles. The molecule has 0 heterocycles. The fourth-order valence-corrected chi connectivity index (χ4v) is 8.15. The van der Waals surface area contributed by atoms with Gasteiger partial charge in [0.05, 0.1) is 40.3 Å². The lowest BCUT2D eigenvalue weighted by atomic mass is 10.0. The molecule has 0 N–H and O–H groups in total. The standard InChI is InChI=1S/C63H111NO8/c1-6-8-10-12-14-16-18-19-20-21-22-23-24-25-26-27-28-29-30-31-32-33-34-35-36-37-38-39-40-41-42-43-44-46-48-50-52-54-61(66)72-59(58-71-63(62(67)68)69-56-55-64(3,4)5)57-70-60(65)53-51-49-47-45-17-15-13-11-9-7-2/h8,10-11,13-14,16,19-20,22-23,25-26,59,63H,6-7,9,12,15,17-18,21,24,27-58H2,1-5H3/b10-8-,13-11-,16-14-,20-19-,23-22-,26-25-. The van der Waals surface area contributed by atoms with Crippen LogP contribution >= 0.6 is 0 Å². The Hall–Kier alpha value is -3.27. The van der Waals surface area contributed by atoms with Gasteiger partial charge in [0, 0.05) is 12.8 Å². The van der Waals surface area contributed by atoms with Gasteiger partial charge in [0.2, 0.25) is 0 Å². The van der Waals surface area contributed by atoms with Gasteiger partial charge < -0.3 is 33.3 Å². The molecular weight excluding hydrogens is 899 g/mol. The van der Waals surface area contributed by atoms with Gasteiger partial charge in [-0.1, -0.05) is 234 Å². The van der Waals surface area contributed by atoms with Crippen molar-refractivity contribution < 1.29 is 42.9 Å². The van der Waals surface area contributed by atoms with Crippen molar-refractivity contribution in [3.63, 3.8) is 0 Å². The summed E-state index contributed by atoms with van der Waals surface area (Å²) < 4.78 is 22.6.